The number of nitrogens with zero attached hydrogens (tertiary/aromatic N) is 1. The Labute approximate surface area is 213 Å². The lowest BCUT2D eigenvalue weighted by atomic mass is 9.86. The van der Waals surface area contributed by atoms with Gasteiger partial charge in [-0.3, -0.25) is 4.90 Å². The van der Waals surface area contributed by atoms with Gasteiger partial charge in [0.2, 0.25) is 0 Å². The van der Waals surface area contributed by atoms with Gasteiger partial charge in [0, 0.05) is 18.5 Å². The van der Waals surface area contributed by atoms with Crippen LogP contribution in [0.1, 0.15) is 32.3 Å². The standard InChI is InChI=1S/C29H37NO6/c1-3-24-9-7-8-18-29(24,34)30(19-25(31)20-35-26-10-5-4-6-11-26)22(2)12-13-23-14-16-27(17-15-23)36-21-28(32)33/h4-11,14-18,22,24-25,31,34H,3,12-13,19-21H2,1-2H3,(H,32,33)/t22-,24-,25+,29?/m1/s1. The van der Waals surface area contributed by atoms with Crippen molar-refractivity contribution in [3.8, 4) is 11.5 Å². The maximum absolute atomic E-state index is 11.8. The highest BCUT2D eigenvalue weighted by molar-refractivity contribution is 5.68. The first-order valence-corrected chi connectivity index (χ1v) is 12.5. The minimum atomic E-state index is -1.22. The Morgan fingerprint density at radius 3 is 2.42 bits per heavy atom. The van der Waals surface area contributed by atoms with Gasteiger partial charge in [-0.05, 0) is 62.1 Å². The van der Waals surface area contributed by atoms with Crippen molar-refractivity contribution in [3.63, 3.8) is 0 Å². The van der Waals surface area contributed by atoms with Gasteiger partial charge in [-0.15, -0.1) is 0 Å². The molecule has 4 atom stereocenters. The monoisotopic (exact) mass is 495 g/mol. The van der Waals surface area contributed by atoms with E-state index in [1.54, 1.807) is 12.1 Å². The molecule has 0 radical (unpaired) electrons. The van der Waals surface area contributed by atoms with Crippen LogP contribution in [0, 0.1) is 5.92 Å². The Balaban J connectivity index is 1.67. The number of hydrogen-bond acceptors (Lipinski definition) is 6. The second-order valence-corrected chi connectivity index (χ2v) is 9.19. The molecule has 0 bridgehead atoms. The van der Waals surface area contributed by atoms with Gasteiger partial charge in [0.15, 0.2) is 6.61 Å². The maximum atomic E-state index is 11.8. The summed E-state index contributed by atoms with van der Waals surface area (Å²) in [5.41, 5.74) is -0.138. The maximum Gasteiger partial charge on any atom is 0.341 e. The summed E-state index contributed by atoms with van der Waals surface area (Å²) in [6.07, 6.45) is 9.11. The van der Waals surface area contributed by atoms with Crippen molar-refractivity contribution in [2.75, 3.05) is 19.8 Å². The van der Waals surface area contributed by atoms with Crippen molar-refractivity contribution in [1.82, 2.24) is 4.90 Å². The molecule has 7 heteroatoms. The first kappa shape index (κ1) is 27.5. The summed E-state index contributed by atoms with van der Waals surface area (Å²) in [7, 11) is 0. The number of carboxylic acids is 1. The van der Waals surface area contributed by atoms with Crippen LogP contribution in [0.25, 0.3) is 0 Å². The van der Waals surface area contributed by atoms with Crippen LogP contribution < -0.4 is 9.47 Å². The fourth-order valence-electron chi connectivity index (χ4n) is 4.50. The van der Waals surface area contributed by atoms with Crippen LogP contribution >= 0.6 is 0 Å². The molecule has 0 fully saturated rings. The first-order valence-electron chi connectivity index (χ1n) is 12.5. The Bertz CT molecular complexity index is 1010. The number of aryl methyl sites for hydroxylation is 1. The number of carboxylic acid groups (broad SMARTS) is 1. The minimum Gasteiger partial charge on any atom is -0.491 e. The Morgan fingerprint density at radius 1 is 1.06 bits per heavy atom. The molecule has 0 spiro atoms. The SMILES string of the molecule is CC[C@@H]1C=CC=CC1(O)N(C[C@H](O)COc1ccccc1)[C@H](C)CCc1ccc(OCC(=O)O)cc1. The zero-order valence-electron chi connectivity index (χ0n) is 21.0. The summed E-state index contributed by atoms with van der Waals surface area (Å²) in [5, 5.41) is 31.4. The lowest BCUT2D eigenvalue weighted by Gasteiger charge is -2.47. The van der Waals surface area contributed by atoms with E-state index < -0.39 is 17.8 Å². The van der Waals surface area contributed by atoms with E-state index in [0.717, 1.165) is 24.8 Å². The molecule has 0 aromatic heterocycles. The average molecular weight is 496 g/mol. The van der Waals surface area contributed by atoms with Crippen LogP contribution in [0.15, 0.2) is 78.9 Å². The summed E-state index contributed by atoms with van der Waals surface area (Å²) in [4.78, 5) is 12.7. The van der Waals surface area contributed by atoms with Crippen LogP contribution in [0.3, 0.4) is 0 Å². The molecule has 0 aliphatic heterocycles. The Morgan fingerprint density at radius 2 is 1.75 bits per heavy atom. The second kappa shape index (κ2) is 13.3. The quantitative estimate of drug-likeness (QED) is 0.340. The zero-order valence-corrected chi connectivity index (χ0v) is 21.0. The van der Waals surface area contributed by atoms with Crippen molar-refractivity contribution in [1.29, 1.82) is 0 Å². The van der Waals surface area contributed by atoms with E-state index in [-0.39, 0.29) is 31.7 Å². The number of allylic oxidation sites excluding steroid dienone is 2. The number of aliphatic carboxylic acids is 1. The summed E-state index contributed by atoms with van der Waals surface area (Å²) in [6.45, 7) is 4.11. The number of hydrogen-bond donors (Lipinski definition) is 3. The van der Waals surface area contributed by atoms with Crippen LogP contribution in [0.5, 0.6) is 11.5 Å². The minimum absolute atomic E-state index is 0.0467. The Hall–Kier alpha value is -3.13. The number of carbonyl (C=O) groups is 1. The van der Waals surface area contributed by atoms with E-state index in [9.17, 15) is 15.0 Å². The largest absolute Gasteiger partial charge is 0.491 e. The first-order chi connectivity index (χ1) is 17.3. The number of benzene rings is 2. The van der Waals surface area contributed by atoms with Crippen LogP contribution in [-0.2, 0) is 11.2 Å². The molecule has 194 valence electrons. The fourth-order valence-corrected chi connectivity index (χ4v) is 4.50. The van der Waals surface area contributed by atoms with Gasteiger partial charge in [-0.1, -0.05) is 55.5 Å². The molecule has 3 rings (SSSR count). The van der Waals surface area contributed by atoms with Crippen molar-refractivity contribution in [3.05, 3.63) is 84.5 Å². The molecule has 2 aromatic carbocycles. The van der Waals surface area contributed by atoms with Crippen molar-refractivity contribution >= 4 is 5.97 Å². The van der Waals surface area contributed by atoms with E-state index in [0.29, 0.717) is 11.5 Å². The third kappa shape index (κ3) is 7.68. The van der Waals surface area contributed by atoms with Crippen molar-refractivity contribution in [2.45, 2.75) is 51.0 Å². The summed E-state index contributed by atoms with van der Waals surface area (Å²) >= 11 is 0. The normalized spacial score (nSPS) is 20.8. The molecule has 0 heterocycles. The van der Waals surface area contributed by atoms with Gasteiger partial charge < -0.3 is 24.8 Å². The van der Waals surface area contributed by atoms with E-state index in [2.05, 4.69) is 6.92 Å². The number of rotatable bonds is 14. The molecular formula is C29H37NO6. The van der Waals surface area contributed by atoms with Gasteiger partial charge in [0.1, 0.15) is 29.9 Å². The predicted octanol–water partition coefficient (Wildman–Crippen LogP) is 4.05. The van der Waals surface area contributed by atoms with Crippen LogP contribution in [-0.4, -0.2) is 63.8 Å². The molecule has 1 aliphatic carbocycles. The molecule has 0 amide bonds. The number of ether oxygens (including phenoxy) is 2. The smallest absolute Gasteiger partial charge is 0.341 e. The number of para-hydroxylation sites is 1. The van der Waals surface area contributed by atoms with E-state index in [1.807, 2.05) is 78.6 Å². The highest BCUT2D eigenvalue weighted by Crippen LogP contribution is 2.33. The molecular weight excluding hydrogens is 458 g/mol. The average Bonchev–Trinajstić information content (AvgIpc) is 2.89. The molecule has 0 saturated carbocycles. The van der Waals surface area contributed by atoms with Gasteiger partial charge in [0.25, 0.3) is 0 Å². The second-order valence-electron chi connectivity index (χ2n) is 9.19. The number of aliphatic hydroxyl groups excluding tert-OH is 1. The molecule has 3 N–H and O–H groups in total. The fraction of sp³-hybridized carbons (Fsp3) is 0.414. The lowest BCUT2D eigenvalue weighted by molar-refractivity contribution is -0.139. The topological polar surface area (TPSA) is 99.5 Å². The van der Waals surface area contributed by atoms with E-state index >= 15 is 0 Å². The molecule has 1 unspecified atom stereocenters. The molecule has 7 nitrogen and oxygen atoms in total. The highest BCUT2D eigenvalue weighted by atomic mass is 16.5. The molecule has 36 heavy (non-hydrogen) atoms. The van der Waals surface area contributed by atoms with E-state index in [4.69, 9.17) is 14.6 Å². The molecule has 0 saturated heterocycles. The van der Waals surface area contributed by atoms with Crippen molar-refractivity contribution in [2.24, 2.45) is 5.92 Å². The van der Waals surface area contributed by atoms with Crippen molar-refractivity contribution < 1.29 is 29.6 Å². The number of aliphatic hydroxyl groups is 2. The van der Waals surface area contributed by atoms with Gasteiger partial charge in [0.05, 0.1) is 0 Å². The van der Waals surface area contributed by atoms with Gasteiger partial charge >= 0.3 is 5.97 Å². The molecule has 1 aliphatic rings. The van der Waals surface area contributed by atoms with Crippen LogP contribution in [0.2, 0.25) is 0 Å². The predicted molar refractivity (Wildman–Crippen MR) is 139 cm³/mol. The zero-order chi connectivity index (χ0) is 26.0. The third-order valence-electron chi connectivity index (χ3n) is 6.50. The van der Waals surface area contributed by atoms with Gasteiger partial charge in [-0.2, -0.15) is 0 Å². The van der Waals surface area contributed by atoms with E-state index in [1.165, 1.54) is 0 Å². The summed E-state index contributed by atoms with van der Waals surface area (Å²) in [5.74, 6) is 0.0892. The van der Waals surface area contributed by atoms with Crippen LogP contribution in [0.4, 0.5) is 0 Å². The van der Waals surface area contributed by atoms with Gasteiger partial charge in [-0.25, -0.2) is 4.79 Å². The lowest BCUT2D eigenvalue weighted by Crippen LogP contribution is -2.58. The summed E-state index contributed by atoms with van der Waals surface area (Å²) in [6, 6.07) is 16.7. The summed E-state index contributed by atoms with van der Waals surface area (Å²) < 4.78 is 11.0. The Kier molecular flexibility index (Phi) is 10.1. The third-order valence-corrected chi connectivity index (χ3v) is 6.50. The molecule has 2 aromatic rings. The highest BCUT2D eigenvalue weighted by Gasteiger charge is 2.41.